The molecule has 0 bridgehead atoms. The van der Waals surface area contributed by atoms with Gasteiger partial charge in [-0.15, -0.1) is 11.3 Å². The molecule has 130 valence electrons. The van der Waals surface area contributed by atoms with E-state index in [1.807, 2.05) is 17.2 Å². The fraction of sp³-hybridized carbons (Fsp3) is 0.667. The molecule has 0 saturated carbocycles. The van der Waals surface area contributed by atoms with Crippen LogP contribution in [0.4, 0.5) is 0 Å². The van der Waals surface area contributed by atoms with E-state index in [4.69, 9.17) is 9.47 Å². The molecule has 1 aromatic heterocycles. The number of aromatic nitrogens is 1. The lowest BCUT2D eigenvalue weighted by molar-refractivity contribution is -0.138. The highest BCUT2D eigenvalue weighted by Crippen LogP contribution is 2.34. The molecular formula is C18H24N2O3S. The second-order valence-corrected chi connectivity index (χ2v) is 7.94. The van der Waals surface area contributed by atoms with Crippen molar-refractivity contribution in [1.82, 2.24) is 9.88 Å². The molecule has 3 atom stereocenters. The highest BCUT2D eigenvalue weighted by molar-refractivity contribution is 7.09. The Kier molecular flexibility index (Phi) is 4.70. The largest absolute Gasteiger partial charge is 0.373 e. The Morgan fingerprint density at radius 1 is 1.46 bits per heavy atom. The Balaban J connectivity index is 1.43. The molecule has 3 aliphatic rings. The number of carbonyl (C=O) groups excluding carboxylic acids is 1. The summed E-state index contributed by atoms with van der Waals surface area (Å²) in [6.07, 6.45) is 7.98. The Bertz CT molecular complexity index is 622. The van der Waals surface area contributed by atoms with Crippen LogP contribution in [0.25, 0.3) is 0 Å². The highest BCUT2D eigenvalue weighted by atomic mass is 32.1. The van der Waals surface area contributed by atoms with Gasteiger partial charge in [-0.25, -0.2) is 4.98 Å². The van der Waals surface area contributed by atoms with Gasteiger partial charge in [-0.05, 0) is 32.6 Å². The van der Waals surface area contributed by atoms with Gasteiger partial charge in [0.2, 0.25) is 5.91 Å². The molecule has 0 radical (unpaired) electrons. The zero-order valence-corrected chi connectivity index (χ0v) is 14.8. The highest BCUT2D eigenvalue weighted by Gasteiger charge is 2.47. The van der Waals surface area contributed by atoms with Gasteiger partial charge in [-0.2, -0.15) is 0 Å². The van der Waals surface area contributed by atoms with Crippen LogP contribution in [-0.4, -0.2) is 47.2 Å². The second-order valence-electron chi connectivity index (χ2n) is 6.88. The van der Waals surface area contributed by atoms with Crippen molar-refractivity contribution in [3.8, 4) is 0 Å². The molecule has 2 saturated heterocycles. The molecule has 2 aliphatic heterocycles. The van der Waals surface area contributed by atoms with Gasteiger partial charge >= 0.3 is 0 Å². The number of rotatable bonds is 4. The zero-order valence-electron chi connectivity index (χ0n) is 14.0. The predicted octanol–water partition coefficient (Wildman–Crippen LogP) is 2.69. The smallest absolute Gasteiger partial charge is 0.226 e. The van der Waals surface area contributed by atoms with E-state index in [1.54, 1.807) is 11.3 Å². The lowest BCUT2D eigenvalue weighted by Crippen LogP contribution is -2.45. The number of thiazole rings is 1. The lowest BCUT2D eigenvalue weighted by atomic mass is 10.0. The summed E-state index contributed by atoms with van der Waals surface area (Å²) in [5.74, 6) is 0.392. The number of hydrogen-bond acceptors (Lipinski definition) is 5. The monoisotopic (exact) mass is 348 g/mol. The summed E-state index contributed by atoms with van der Waals surface area (Å²) < 4.78 is 12.1. The minimum atomic E-state index is -0.0457. The Morgan fingerprint density at radius 3 is 3.04 bits per heavy atom. The summed E-state index contributed by atoms with van der Waals surface area (Å²) in [6.45, 7) is 3.91. The quantitative estimate of drug-likeness (QED) is 0.785. The van der Waals surface area contributed by atoms with Crippen LogP contribution in [-0.2, 0) is 20.9 Å². The summed E-state index contributed by atoms with van der Waals surface area (Å²) in [5, 5.41) is 3.09. The summed E-state index contributed by atoms with van der Waals surface area (Å²) in [5.41, 5.74) is 0.967. The molecule has 0 N–H and O–H groups in total. The van der Waals surface area contributed by atoms with Crippen molar-refractivity contribution in [2.45, 2.75) is 57.5 Å². The summed E-state index contributed by atoms with van der Waals surface area (Å²) in [7, 11) is 0. The van der Waals surface area contributed by atoms with E-state index >= 15 is 0 Å². The number of amides is 1. The Hall–Kier alpha value is -1.24. The first-order chi connectivity index (χ1) is 11.7. The van der Waals surface area contributed by atoms with Crippen LogP contribution in [0.3, 0.4) is 0 Å². The molecule has 5 nitrogen and oxygen atoms in total. The van der Waals surface area contributed by atoms with Gasteiger partial charge in [0.05, 0.1) is 23.4 Å². The van der Waals surface area contributed by atoms with Gasteiger partial charge in [0.15, 0.2) is 0 Å². The van der Waals surface area contributed by atoms with E-state index < -0.39 is 0 Å². The molecule has 24 heavy (non-hydrogen) atoms. The molecule has 0 aromatic carbocycles. The van der Waals surface area contributed by atoms with Crippen molar-refractivity contribution in [2.75, 3.05) is 13.2 Å². The van der Waals surface area contributed by atoms with E-state index in [2.05, 4.69) is 17.1 Å². The normalized spacial score (nSPS) is 30.0. The molecule has 1 aromatic rings. The van der Waals surface area contributed by atoms with E-state index in [0.29, 0.717) is 13.2 Å². The first-order valence-corrected chi connectivity index (χ1v) is 9.70. The zero-order chi connectivity index (χ0) is 16.5. The summed E-state index contributed by atoms with van der Waals surface area (Å²) in [6, 6.07) is 0.175. The number of hydrogen-bond donors (Lipinski definition) is 0. The molecule has 0 spiro atoms. The minimum absolute atomic E-state index is 0.0109. The average molecular weight is 348 g/mol. The summed E-state index contributed by atoms with van der Waals surface area (Å²) >= 11 is 1.64. The van der Waals surface area contributed by atoms with Gasteiger partial charge in [0, 0.05) is 24.4 Å². The maximum atomic E-state index is 12.9. The molecule has 4 rings (SSSR count). The van der Waals surface area contributed by atoms with Gasteiger partial charge in [-0.3, -0.25) is 4.79 Å². The van der Waals surface area contributed by atoms with Gasteiger partial charge in [0.25, 0.3) is 0 Å². The molecule has 1 aliphatic carbocycles. The predicted molar refractivity (Wildman–Crippen MR) is 91.8 cm³/mol. The third-order valence-electron chi connectivity index (χ3n) is 5.23. The third-order valence-corrected chi connectivity index (χ3v) is 6.05. The number of nitrogens with zero attached hydrogens (tertiary/aromatic N) is 2. The fourth-order valence-corrected chi connectivity index (χ4v) is 4.63. The Morgan fingerprint density at radius 2 is 2.29 bits per heavy atom. The number of aryl methyl sites for hydroxylation is 1. The molecule has 1 amide bonds. The topological polar surface area (TPSA) is 51.7 Å². The number of fused-ring (bicyclic) bond motifs is 1. The number of allylic oxidation sites excluding steroid dienone is 2. The SMILES string of the molecule is Cc1nc(CO[C@H]2CN(C(=O)C3CC=CC3)[C@@H]3CCCO[C@H]23)cs1. The van der Waals surface area contributed by atoms with Crippen LogP contribution < -0.4 is 0 Å². The minimum Gasteiger partial charge on any atom is -0.373 e. The van der Waals surface area contributed by atoms with E-state index in [0.717, 1.165) is 43.0 Å². The first kappa shape index (κ1) is 16.2. The van der Waals surface area contributed by atoms with Crippen molar-refractivity contribution in [3.05, 3.63) is 28.2 Å². The van der Waals surface area contributed by atoms with Gasteiger partial charge in [-0.1, -0.05) is 12.2 Å². The number of ether oxygens (including phenoxy) is 2. The van der Waals surface area contributed by atoms with Crippen molar-refractivity contribution < 1.29 is 14.3 Å². The van der Waals surface area contributed by atoms with Crippen molar-refractivity contribution in [2.24, 2.45) is 5.92 Å². The van der Waals surface area contributed by atoms with Gasteiger partial charge in [0.1, 0.15) is 12.2 Å². The first-order valence-electron chi connectivity index (χ1n) is 8.82. The second kappa shape index (κ2) is 6.94. The molecule has 6 heteroatoms. The summed E-state index contributed by atoms with van der Waals surface area (Å²) in [4.78, 5) is 19.4. The van der Waals surface area contributed by atoms with Crippen LogP contribution in [0.2, 0.25) is 0 Å². The van der Waals surface area contributed by atoms with Crippen molar-refractivity contribution in [3.63, 3.8) is 0 Å². The average Bonchev–Trinajstić information content (AvgIpc) is 3.32. The molecule has 0 unspecified atom stereocenters. The van der Waals surface area contributed by atoms with E-state index in [-0.39, 0.29) is 30.1 Å². The van der Waals surface area contributed by atoms with Crippen LogP contribution in [0, 0.1) is 12.8 Å². The molecular weight excluding hydrogens is 324 g/mol. The maximum absolute atomic E-state index is 12.9. The van der Waals surface area contributed by atoms with E-state index in [9.17, 15) is 4.79 Å². The standard InChI is InChI=1S/C18H24N2O3S/c1-12-19-14(11-24-12)10-23-16-9-20(15-7-4-8-22-17(15)16)18(21)13-5-2-3-6-13/h2-3,11,13,15-17H,4-10H2,1H3/t15-,16+,17+/m1/s1. The van der Waals surface area contributed by atoms with Crippen LogP contribution in [0.5, 0.6) is 0 Å². The van der Waals surface area contributed by atoms with Crippen molar-refractivity contribution >= 4 is 17.2 Å². The molecule has 3 heterocycles. The number of carbonyl (C=O) groups is 1. The third kappa shape index (κ3) is 3.15. The fourth-order valence-electron chi connectivity index (χ4n) is 4.03. The maximum Gasteiger partial charge on any atom is 0.226 e. The number of likely N-dealkylation sites (tertiary alicyclic amines) is 1. The Labute approximate surface area is 146 Å². The lowest BCUT2D eigenvalue weighted by Gasteiger charge is -2.33. The molecule has 2 fully saturated rings. The van der Waals surface area contributed by atoms with E-state index in [1.165, 1.54) is 0 Å². The van der Waals surface area contributed by atoms with Crippen LogP contribution >= 0.6 is 11.3 Å². The van der Waals surface area contributed by atoms with Crippen LogP contribution in [0.1, 0.15) is 36.4 Å². The van der Waals surface area contributed by atoms with Crippen LogP contribution in [0.15, 0.2) is 17.5 Å². The van der Waals surface area contributed by atoms with Crippen molar-refractivity contribution in [1.29, 1.82) is 0 Å². The van der Waals surface area contributed by atoms with Gasteiger partial charge < -0.3 is 14.4 Å².